The second-order valence-corrected chi connectivity index (χ2v) is 5.63. The lowest BCUT2D eigenvalue weighted by atomic mass is 10.1. The zero-order valence-corrected chi connectivity index (χ0v) is 14.3. The highest BCUT2D eigenvalue weighted by Gasteiger charge is 2.33. The molecule has 0 bridgehead atoms. The van der Waals surface area contributed by atoms with Gasteiger partial charge in [0, 0.05) is 44.8 Å². The van der Waals surface area contributed by atoms with E-state index in [1.165, 1.54) is 0 Å². The smallest absolute Gasteiger partial charge is 0.225 e. The number of amides is 2. The van der Waals surface area contributed by atoms with Crippen LogP contribution in [-0.4, -0.2) is 57.7 Å². The first-order chi connectivity index (χ1) is 11.6. The van der Waals surface area contributed by atoms with Crippen LogP contribution in [0.5, 0.6) is 11.5 Å². The van der Waals surface area contributed by atoms with Crippen molar-refractivity contribution in [3.8, 4) is 11.5 Å². The molecule has 2 rings (SSSR count). The molecule has 7 nitrogen and oxygen atoms in total. The van der Waals surface area contributed by atoms with E-state index >= 15 is 0 Å². The first kappa shape index (κ1) is 18.1. The molecule has 1 saturated heterocycles. The van der Waals surface area contributed by atoms with Gasteiger partial charge in [0.15, 0.2) is 0 Å². The molecule has 1 aliphatic heterocycles. The maximum absolute atomic E-state index is 12.3. The Labute approximate surface area is 141 Å². The molecule has 1 fully saturated rings. The highest BCUT2D eigenvalue weighted by atomic mass is 16.5. The molecular weight excluding hydrogens is 312 g/mol. The van der Waals surface area contributed by atoms with Crippen LogP contribution in [0.25, 0.3) is 0 Å². The summed E-state index contributed by atoms with van der Waals surface area (Å²) in [4.78, 5) is 25.9. The van der Waals surface area contributed by atoms with E-state index in [0.717, 1.165) is 5.56 Å². The number of nitrogens with one attached hydrogen (secondary N) is 1. The van der Waals surface area contributed by atoms with Crippen molar-refractivity contribution >= 4 is 11.8 Å². The Morgan fingerprint density at radius 1 is 1.29 bits per heavy atom. The third-order valence-corrected chi connectivity index (χ3v) is 4.10. The number of hydrogen-bond donors (Lipinski definition) is 1. The van der Waals surface area contributed by atoms with Gasteiger partial charge in [-0.25, -0.2) is 0 Å². The maximum Gasteiger partial charge on any atom is 0.225 e. The summed E-state index contributed by atoms with van der Waals surface area (Å²) in [5.74, 6) is 0.893. The van der Waals surface area contributed by atoms with Crippen LogP contribution in [0.2, 0.25) is 0 Å². The monoisotopic (exact) mass is 336 g/mol. The molecule has 1 aromatic rings. The number of benzene rings is 1. The molecule has 0 aliphatic carbocycles. The fraction of sp³-hybridized carbons (Fsp3) is 0.529. The van der Waals surface area contributed by atoms with Crippen LogP contribution < -0.4 is 14.8 Å². The Morgan fingerprint density at radius 3 is 2.75 bits per heavy atom. The molecule has 7 heteroatoms. The van der Waals surface area contributed by atoms with E-state index in [-0.39, 0.29) is 24.2 Å². The quantitative estimate of drug-likeness (QED) is 0.760. The summed E-state index contributed by atoms with van der Waals surface area (Å²) in [6, 6.07) is 5.44. The van der Waals surface area contributed by atoms with Crippen LogP contribution in [0.15, 0.2) is 18.2 Å². The summed E-state index contributed by atoms with van der Waals surface area (Å²) in [5, 5.41) is 2.88. The molecule has 0 radical (unpaired) electrons. The van der Waals surface area contributed by atoms with Gasteiger partial charge in [-0.1, -0.05) is 0 Å². The Bertz CT molecular complexity index is 590. The summed E-state index contributed by atoms with van der Waals surface area (Å²) in [7, 11) is 4.75. The first-order valence-corrected chi connectivity index (χ1v) is 7.84. The average molecular weight is 336 g/mol. The van der Waals surface area contributed by atoms with Crippen LogP contribution in [0.4, 0.5) is 0 Å². The average Bonchev–Trinajstić information content (AvgIpc) is 2.98. The van der Waals surface area contributed by atoms with Gasteiger partial charge in [0.25, 0.3) is 0 Å². The van der Waals surface area contributed by atoms with Crippen molar-refractivity contribution in [1.29, 1.82) is 0 Å². The summed E-state index contributed by atoms with van der Waals surface area (Å²) in [5.41, 5.74) is 0.854. The van der Waals surface area contributed by atoms with Crippen molar-refractivity contribution in [2.45, 2.75) is 13.0 Å². The van der Waals surface area contributed by atoms with Gasteiger partial charge in [0.05, 0.1) is 26.7 Å². The summed E-state index contributed by atoms with van der Waals surface area (Å²) < 4.78 is 15.4. The van der Waals surface area contributed by atoms with Gasteiger partial charge in [-0.15, -0.1) is 0 Å². The highest BCUT2D eigenvalue weighted by molar-refractivity contribution is 5.89. The van der Waals surface area contributed by atoms with Gasteiger partial charge in [-0.3, -0.25) is 9.59 Å². The van der Waals surface area contributed by atoms with Crippen molar-refractivity contribution in [3.05, 3.63) is 23.8 Å². The van der Waals surface area contributed by atoms with Crippen LogP contribution in [0, 0.1) is 5.92 Å². The summed E-state index contributed by atoms with van der Waals surface area (Å²) in [6.07, 6.45) is 0.245. The van der Waals surface area contributed by atoms with Gasteiger partial charge >= 0.3 is 0 Å². The second-order valence-electron chi connectivity index (χ2n) is 5.63. The summed E-state index contributed by atoms with van der Waals surface area (Å²) >= 11 is 0. The lowest BCUT2D eigenvalue weighted by molar-refractivity contribution is -0.129. The molecule has 1 heterocycles. The van der Waals surface area contributed by atoms with Gasteiger partial charge in [-0.05, 0) is 12.1 Å². The lowest BCUT2D eigenvalue weighted by Gasteiger charge is -2.16. The van der Waals surface area contributed by atoms with Crippen LogP contribution >= 0.6 is 0 Å². The SMILES string of the molecule is COCCN1C[C@H](C(=O)NCc2ccc(OC)cc2OC)CC1=O. The number of rotatable bonds is 8. The number of carbonyl (C=O) groups excluding carboxylic acids is 2. The van der Waals surface area contributed by atoms with Crippen LogP contribution in [0.3, 0.4) is 0 Å². The van der Waals surface area contributed by atoms with Crippen LogP contribution in [-0.2, 0) is 20.9 Å². The van der Waals surface area contributed by atoms with E-state index in [2.05, 4.69) is 5.32 Å². The van der Waals surface area contributed by atoms with E-state index < -0.39 is 0 Å². The Hall–Kier alpha value is -2.28. The number of methoxy groups -OCH3 is 3. The van der Waals surface area contributed by atoms with Crippen LogP contribution in [0.1, 0.15) is 12.0 Å². The molecule has 2 amide bonds. The molecule has 0 saturated carbocycles. The molecule has 1 aromatic carbocycles. The highest BCUT2D eigenvalue weighted by Crippen LogP contribution is 2.25. The normalized spacial score (nSPS) is 17.0. The molecule has 1 aliphatic rings. The molecule has 1 atom stereocenters. The van der Waals surface area contributed by atoms with E-state index in [4.69, 9.17) is 14.2 Å². The van der Waals surface area contributed by atoms with Gasteiger partial charge in [0.2, 0.25) is 11.8 Å². The molecule has 0 spiro atoms. The number of hydrogen-bond acceptors (Lipinski definition) is 5. The number of carbonyl (C=O) groups is 2. The summed E-state index contributed by atoms with van der Waals surface area (Å²) in [6.45, 7) is 1.77. The standard InChI is InChI=1S/C17H24N2O5/c1-22-7-6-19-11-13(8-16(19)20)17(21)18-10-12-4-5-14(23-2)9-15(12)24-3/h4-5,9,13H,6-8,10-11H2,1-3H3,(H,18,21)/t13-/m1/s1. The molecule has 0 unspecified atom stereocenters. The minimum absolute atomic E-state index is 0.00534. The number of ether oxygens (including phenoxy) is 3. The van der Waals surface area contributed by atoms with E-state index in [1.807, 2.05) is 12.1 Å². The molecular formula is C17H24N2O5. The molecule has 132 valence electrons. The Balaban J connectivity index is 1.91. The fourth-order valence-electron chi connectivity index (χ4n) is 2.69. The predicted molar refractivity (Wildman–Crippen MR) is 88.0 cm³/mol. The topological polar surface area (TPSA) is 77.1 Å². The van der Waals surface area contributed by atoms with Crippen molar-refractivity contribution < 1.29 is 23.8 Å². The molecule has 24 heavy (non-hydrogen) atoms. The number of nitrogens with zero attached hydrogens (tertiary/aromatic N) is 1. The molecule has 0 aromatic heterocycles. The van der Waals surface area contributed by atoms with Crippen molar-refractivity contribution in [2.75, 3.05) is 41.0 Å². The lowest BCUT2D eigenvalue weighted by Crippen LogP contribution is -2.33. The Morgan fingerprint density at radius 2 is 2.08 bits per heavy atom. The largest absolute Gasteiger partial charge is 0.497 e. The number of likely N-dealkylation sites (tertiary alicyclic amines) is 1. The molecule has 1 N–H and O–H groups in total. The minimum atomic E-state index is -0.321. The maximum atomic E-state index is 12.3. The minimum Gasteiger partial charge on any atom is -0.497 e. The zero-order valence-electron chi connectivity index (χ0n) is 14.3. The van der Waals surface area contributed by atoms with Gasteiger partial charge in [-0.2, -0.15) is 0 Å². The van der Waals surface area contributed by atoms with E-state index in [9.17, 15) is 9.59 Å². The Kier molecular flexibility index (Phi) is 6.43. The predicted octanol–water partition coefficient (Wildman–Crippen LogP) is 0.815. The fourth-order valence-corrected chi connectivity index (χ4v) is 2.69. The van der Waals surface area contributed by atoms with Crippen molar-refractivity contribution in [2.24, 2.45) is 5.92 Å². The van der Waals surface area contributed by atoms with E-state index in [0.29, 0.717) is 37.7 Å². The third-order valence-electron chi connectivity index (χ3n) is 4.10. The first-order valence-electron chi connectivity index (χ1n) is 7.84. The van der Waals surface area contributed by atoms with Crippen molar-refractivity contribution in [1.82, 2.24) is 10.2 Å². The van der Waals surface area contributed by atoms with E-state index in [1.54, 1.807) is 32.3 Å². The van der Waals surface area contributed by atoms with Crippen molar-refractivity contribution in [3.63, 3.8) is 0 Å². The second kappa shape index (κ2) is 8.54. The van der Waals surface area contributed by atoms with Gasteiger partial charge in [0.1, 0.15) is 11.5 Å². The van der Waals surface area contributed by atoms with Gasteiger partial charge < -0.3 is 24.4 Å². The zero-order chi connectivity index (χ0) is 17.5. The third kappa shape index (κ3) is 4.38.